The van der Waals surface area contributed by atoms with Crippen LogP contribution in [0.4, 0.5) is 11.4 Å². The second-order valence-electron chi connectivity index (χ2n) is 8.47. The molecule has 9 nitrogen and oxygen atoms in total. The molecule has 0 radical (unpaired) electrons. The Morgan fingerprint density at radius 2 is 1.54 bits per heavy atom. The number of hydrogen-bond donors (Lipinski definition) is 3. The third-order valence-electron chi connectivity index (χ3n) is 5.90. The van der Waals surface area contributed by atoms with Gasteiger partial charge < -0.3 is 15.5 Å². The number of aryl methyl sites for hydroxylation is 2. The number of nitrogens with one attached hydrogen (secondary N) is 1. The molecule has 1 atom stereocenters. The van der Waals surface area contributed by atoms with E-state index in [0.29, 0.717) is 16.3 Å². The zero-order valence-electron chi connectivity index (χ0n) is 19.8. The number of imide groups is 1. The Kier molecular flexibility index (Phi) is 7.12. The number of carbonyl (C=O) groups excluding carboxylic acids is 3. The van der Waals surface area contributed by atoms with Gasteiger partial charge in [0.15, 0.2) is 0 Å². The van der Waals surface area contributed by atoms with Crippen molar-refractivity contribution in [3.8, 4) is 0 Å². The molecule has 1 aliphatic rings. The maximum Gasteiger partial charge on any atom is 0.336 e. The minimum Gasteiger partial charge on any atom is -0.478 e. The minimum atomic E-state index is -1.43. The molecule has 188 valence electrons. The summed E-state index contributed by atoms with van der Waals surface area (Å²) in [6.45, 7) is 3.71. The second-order valence-corrected chi connectivity index (χ2v) is 9.74. The molecule has 3 aromatic rings. The van der Waals surface area contributed by atoms with Crippen LogP contribution in [0.25, 0.3) is 0 Å². The lowest BCUT2D eigenvalue weighted by atomic mass is 10.0. The summed E-state index contributed by atoms with van der Waals surface area (Å²) in [6.07, 6.45) is 0.0695. The first-order chi connectivity index (χ1) is 17.6. The monoisotopic (exact) mass is 518 g/mol. The molecule has 1 unspecified atom stereocenters. The van der Waals surface area contributed by atoms with Gasteiger partial charge in [0, 0.05) is 17.0 Å². The first-order valence-electron chi connectivity index (χ1n) is 11.2. The van der Waals surface area contributed by atoms with Gasteiger partial charge in [-0.25, -0.2) is 14.5 Å². The van der Waals surface area contributed by atoms with Gasteiger partial charge in [-0.3, -0.25) is 14.4 Å². The Balaban J connectivity index is 1.46. The number of amides is 3. The van der Waals surface area contributed by atoms with Crippen LogP contribution >= 0.6 is 11.8 Å². The van der Waals surface area contributed by atoms with Crippen LogP contribution in [0.5, 0.6) is 0 Å². The SMILES string of the molecule is Cc1cccc(C)c1N1C(=O)CC(Sc2ccc(NC(=O)c3ccc(C(=O)O)cc3C(=O)O)cc2)C1=O. The molecule has 3 aromatic carbocycles. The molecule has 0 spiro atoms. The minimum absolute atomic E-state index is 0.0695. The van der Waals surface area contributed by atoms with Crippen molar-refractivity contribution in [3.05, 3.63) is 88.5 Å². The van der Waals surface area contributed by atoms with Gasteiger partial charge in [-0.05, 0) is 67.4 Å². The number of nitrogens with zero attached hydrogens (tertiary/aromatic N) is 1. The zero-order chi connectivity index (χ0) is 26.9. The second kappa shape index (κ2) is 10.3. The molecule has 0 bridgehead atoms. The van der Waals surface area contributed by atoms with E-state index in [2.05, 4.69) is 5.32 Å². The summed E-state index contributed by atoms with van der Waals surface area (Å²) < 4.78 is 0. The number of rotatable bonds is 7. The van der Waals surface area contributed by atoms with Crippen molar-refractivity contribution in [2.75, 3.05) is 10.2 Å². The topological polar surface area (TPSA) is 141 Å². The van der Waals surface area contributed by atoms with Gasteiger partial charge in [0.25, 0.3) is 5.91 Å². The van der Waals surface area contributed by atoms with Crippen LogP contribution in [0.3, 0.4) is 0 Å². The molecule has 37 heavy (non-hydrogen) atoms. The van der Waals surface area contributed by atoms with E-state index in [1.165, 1.54) is 16.7 Å². The van der Waals surface area contributed by atoms with E-state index in [-0.39, 0.29) is 29.4 Å². The highest BCUT2D eigenvalue weighted by Gasteiger charge is 2.41. The number of anilines is 2. The van der Waals surface area contributed by atoms with Crippen molar-refractivity contribution in [2.45, 2.75) is 30.4 Å². The highest BCUT2D eigenvalue weighted by atomic mass is 32.2. The Morgan fingerprint density at radius 1 is 0.892 bits per heavy atom. The van der Waals surface area contributed by atoms with Crippen LogP contribution in [0.15, 0.2) is 65.6 Å². The highest BCUT2D eigenvalue weighted by Crippen LogP contribution is 2.36. The molecule has 10 heteroatoms. The lowest BCUT2D eigenvalue weighted by Gasteiger charge is -2.19. The summed E-state index contributed by atoms with van der Waals surface area (Å²) in [5, 5.41) is 20.5. The number of benzene rings is 3. The van der Waals surface area contributed by atoms with E-state index in [1.54, 1.807) is 24.3 Å². The Hall–Kier alpha value is -4.44. The smallest absolute Gasteiger partial charge is 0.336 e. The van der Waals surface area contributed by atoms with Gasteiger partial charge in [-0.2, -0.15) is 0 Å². The number of thioether (sulfide) groups is 1. The molecule has 0 aliphatic carbocycles. The summed E-state index contributed by atoms with van der Waals surface area (Å²) in [7, 11) is 0. The van der Waals surface area contributed by atoms with Crippen LogP contribution in [0.1, 0.15) is 48.6 Å². The summed E-state index contributed by atoms with van der Waals surface area (Å²) in [5.41, 5.74) is 1.83. The lowest BCUT2D eigenvalue weighted by molar-refractivity contribution is -0.121. The Bertz CT molecular complexity index is 1430. The van der Waals surface area contributed by atoms with Gasteiger partial charge in [0.05, 0.1) is 27.6 Å². The first-order valence-corrected chi connectivity index (χ1v) is 12.1. The van der Waals surface area contributed by atoms with Crippen molar-refractivity contribution in [1.29, 1.82) is 0 Å². The normalized spacial score (nSPS) is 15.1. The average molecular weight is 519 g/mol. The van der Waals surface area contributed by atoms with Gasteiger partial charge in [0.2, 0.25) is 11.8 Å². The molecule has 3 N–H and O–H groups in total. The highest BCUT2D eigenvalue weighted by molar-refractivity contribution is 8.00. The van der Waals surface area contributed by atoms with E-state index < -0.39 is 28.7 Å². The molecular formula is C27H22N2O7S. The maximum atomic E-state index is 13.1. The van der Waals surface area contributed by atoms with Gasteiger partial charge in [-0.15, -0.1) is 11.8 Å². The summed E-state index contributed by atoms with van der Waals surface area (Å²) in [4.78, 5) is 63.1. The third kappa shape index (κ3) is 5.24. The number of para-hydroxylation sites is 1. The summed E-state index contributed by atoms with van der Waals surface area (Å²) in [6, 6.07) is 15.4. The predicted octanol–water partition coefficient (Wildman–Crippen LogP) is 4.38. The van der Waals surface area contributed by atoms with Crippen LogP contribution in [0, 0.1) is 13.8 Å². The van der Waals surface area contributed by atoms with E-state index in [1.807, 2.05) is 32.0 Å². The van der Waals surface area contributed by atoms with Crippen molar-refractivity contribution in [2.24, 2.45) is 0 Å². The molecule has 1 aliphatic heterocycles. The summed E-state index contributed by atoms with van der Waals surface area (Å²) >= 11 is 1.25. The van der Waals surface area contributed by atoms with Gasteiger partial charge in [-0.1, -0.05) is 18.2 Å². The number of carbonyl (C=O) groups is 5. The van der Waals surface area contributed by atoms with Gasteiger partial charge in [0.1, 0.15) is 0 Å². The maximum absolute atomic E-state index is 13.1. The largest absolute Gasteiger partial charge is 0.478 e. The molecule has 0 saturated carbocycles. The fourth-order valence-electron chi connectivity index (χ4n) is 4.12. The molecule has 3 amide bonds. The van der Waals surface area contributed by atoms with Crippen LogP contribution in [0.2, 0.25) is 0 Å². The quantitative estimate of drug-likeness (QED) is 0.392. The molecule has 1 saturated heterocycles. The van der Waals surface area contributed by atoms with Crippen molar-refractivity contribution < 1.29 is 34.2 Å². The molecule has 1 fully saturated rings. The number of carboxylic acid groups (broad SMARTS) is 2. The lowest BCUT2D eigenvalue weighted by Crippen LogP contribution is -2.32. The van der Waals surface area contributed by atoms with E-state index >= 15 is 0 Å². The molecular weight excluding hydrogens is 496 g/mol. The van der Waals surface area contributed by atoms with Gasteiger partial charge >= 0.3 is 11.9 Å². The first kappa shape index (κ1) is 25.6. The van der Waals surface area contributed by atoms with E-state index in [4.69, 9.17) is 5.11 Å². The molecule has 1 heterocycles. The zero-order valence-corrected chi connectivity index (χ0v) is 20.7. The number of hydrogen-bond acceptors (Lipinski definition) is 6. The fraction of sp³-hybridized carbons (Fsp3) is 0.148. The number of carboxylic acids is 2. The van der Waals surface area contributed by atoms with Crippen molar-refractivity contribution >= 4 is 52.8 Å². The van der Waals surface area contributed by atoms with Crippen molar-refractivity contribution in [1.82, 2.24) is 0 Å². The molecule has 0 aromatic heterocycles. The predicted molar refractivity (Wildman–Crippen MR) is 137 cm³/mol. The standard InChI is InChI=1S/C27H22N2O7S/c1-14-4-3-5-15(2)23(14)29-22(30)13-21(25(29)32)37-18-9-7-17(8-10-18)28-24(31)19-11-6-16(26(33)34)12-20(19)27(35)36/h3-12,21H,13H2,1-2H3,(H,28,31)(H,33,34)(H,35,36). The average Bonchev–Trinajstić information content (AvgIpc) is 3.12. The van der Waals surface area contributed by atoms with Crippen LogP contribution in [-0.4, -0.2) is 45.1 Å². The van der Waals surface area contributed by atoms with Crippen LogP contribution in [-0.2, 0) is 9.59 Å². The Morgan fingerprint density at radius 3 is 2.14 bits per heavy atom. The Labute approximate surface area is 216 Å². The summed E-state index contributed by atoms with van der Waals surface area (Å²) in [5.74, 6) is -3.98. The molecule has 4 rings (SSSR count). The fourth-order valence-corrected chi connectivity index (χ4v) is 5.18. The number of aromatic carboxylic acids is 2. The van der Waals surface area contributed by atoms with Crippen LogP contribution < -0.4 is 10.2 Å². The van der Waals surface area contributed by atoms with E-state index in [9.17, 15) is 29.1 Å². The van der Waals surface area contributed by atoms with Crippen molar-refractivity contribution in [3.63, 3.8) is 0 Å². The third-order valence-corrected chi connectivity index (χ3v) is 7.10. The van der Waals surface area contributed by atoms with E-state index in [0.717, 1.165) is 29.3 Å².